The average molecular weight is 390 g/mol. The summed E-state index contributed by atoms with van der Waals surface area (Å²) in [6.45, 7) is 0.307. The van der Waals surface area contributed by atoms with Crippen molar-refractivity contribution in [3.63, 3.8) is 0 Å². The minimum absolute atomic E-state index is 0.00636. The molecule has 5 nitrogen and oxygen atoms in total. The number of rotatable bonds is 4. The van der Waals surface area contributed by atoms with Crippen molar-refractivity contribution in [1.82, 2.24) is 0 Å². The van der Waals surface area contributed by atoms with E-state index in [1.807, 2.05) is 12.1 Å². The van der Waals surface area contributed by atoms with Crippen LogP contribution in [-0.2, 0) is 16.1 Å². The molecule has 0 spiro atoms. The number of nitrogens with zero attached hydrogens (tertiary/aromatic N) is 1. The average Bonchev–Trinajstić information content (AvgIpc) is 2.73. The highest BCUT2D eigenvalue weighted by atomic mass is 19.1. The number of nitriles is 1. The first kappa shape index (κ1) is 18.8. The van der Waals surface area contributed by atoms with Gasteiger partial charge in [-0.3, -0.25) is 4.79 Å². The lowest BCUT2D eigenvalue weighted by molar-refractivity contribution is -0.116. The summed E-state index contributed by atoms with van der Waals surface area (Å²) in [7, 11) is 0. The highest BCUT2D eigenvalue weighted by Gasteiger charge is 2.37. The van der Waals surface area contributed by atoms with Crippen molar-refractivity contribution in [2.45, 2.75) is 31.8 Å². The molecule has 1 aliphatic carbocycles. The Labute approximate surface area is 167 Å². The summed E-state index contributed by atoms with van der Waals surface area (Å²) in [6, 6.07) is 15.4. The lowest BCUT2D eigenvalue weighted by Crippen LogP contribution is -2.27. The summed E-state index contributed by atoms with van der Waals surface area (Å²) in [5.74, 6) is 0.434. The monoisotopic (exact) mass is 390 g/mol. The molecule has 2 aromatic rings. The van der Waals surface area contributed by atoms with Gasteiger partial charge in [0.2, 0.25) is 5.88 Å². The SMILES string of the molecule is N#CC1=C(N)OC2=C(C(=O)CCC2)[C@@H]1c1ccc(OCc2ccc(F)cc2)cc1. The normalized spacial score (nSPS) is 18.8. The van der Waals surface area contributed by atoms with Crippen LogP contribution in [0.15, 0.2) is 71.3 Å². The fourth-order valence-electron chi connectivity index (χ4n) is 3.69. The van der Waals surface area contributed by atoms with Gasteiger partial charge >= 0.3 is 0 Å². The largest absolute Gasteiger partial charge is 0.489 e. The van der Waals surface area contributed by atoms with Crippen molar-refractivity contribution in [2.24, 2.45) is 5.73 Å². The second-order valence-corrected chi connectivity index (χ2v) is 7.02. The quantitative estimate of drug-likeness (QED) is 0.845. The molecule has 0 radical (unpaired) electrons. The maximum atomic E-state index is 13.0. The number of carbonyl (C=O) groups is 1. The maximum absolute atomic E-state index is 13.0. The van der Waals surface area contributed by atoms with Gasteiger partial charge in [-0.25, -0.2) is 4.39 Å². The Bertz CT molecular complexity index is 1050. The highest BCUT2D eigenvalue weighted by Crippen LogP contribution is 2.43. The van der Waals surface area contributed by atoms with Crippen LogP contribution in [0.1, 0.15) is 36.3 Å². The van der Waals surface area contributed by atoms with Crippen LogP contribution in [0.3, 0.4) is 0 Å². The summed E-state index contributed by atoms with van der Waals surface area (Å²) in [6.07, 6.45) is 1.79. The molecular weight excluding hydrogens is 371 g/mol. The molecule has 0 aromatic heterocycles. The lowest BCUT2D eigenvalue weighted by Gasteiger charge is -2.31. The third kappa shape index (κ3) is 3.72. The van der Waals surface area contributed by atoms with E-state index in [4.69, 9.17) is 15.2 Å². The number of halogens is 1. The van der Waals surface area contributed by atoms with E-state index < -0.39 is 5.92 Å². The van der Waals surface area contributed by atoms with E-state index in [9.17, 15) is 14.4 Å². The molecule has 0 amide bonds. The Balaban J connectivity index is 1.58. The Hall–Kier alpha value is -3.59. The van der Waals surface area contributed by atoms with Gasteiger partial charge in [-0.1, -0.05) is 24.3 Å². The number of ether oxygens (including phenoxy) is 2. The molecule has 29 heavy (non-hydrogen) atoms. The molecule has 2 N–H and O–H groups in total. The van der Waals surface area contributed by atoms with Crippen LogP contribution >= 0.6 is 0 Å². The van der Waals surface area contributed by atoms with E-state index in [0.717, 1.165) is 17.5 Å². The Kier molecular flexibility index (Phi) is 5.05. The molecule has 0 unspecified atom stereocenters. The van der Waals surface area contributed by atoms with Crippen molar-refractivity contribution in [1.29, 1.82) is 5.26 Å². The van der Waals surface area contributed by atoms with Gasteiger partial charge in [0, 0.05) is 18.4 Å². The van der Waals surface area contributed by atoms with Crippen molar-refractivity contribution >= 4 is 5.78 Å². The molecular formula is C23H19FN2O3. The van der Waals surface area contributed by atoms with E-state index in [2.05, 4.69) is 6.07 Å². The van der Waals surface area contributed by atoms with Crippen molar-refractivity contribution in [2.75, 3.05) is 0 Å². The van der Waals surface area contributed by atoms with Gasteiger partial charge in [0.15, 0.2) is 5.78 Å². The zero-order valence-corrected chi connectivity index (χ0v) is 15.7. The van der Waals surface area contributed by atoms with Crippen LogP contribution in [0.4, 0.5) is 4.39 Å². The first-order valence-corrected chi connectivity index (χ1v) is 9.38. The van der Waals surface area contributed by atoms with Crippen LogP contribution in [-0.4, -0.2) is 5.78 Å². The minimum atomic E-state index is -0.525. The molecule has 0 fully saturated rings. The van der Waals surface area contributed by atoms with Gasteiger partial charge in [0.25, 0.3) is 0 Å². The zero-order chi connectivity index (χ0) is 20.4. The number of benzene rings is 2. The topological polar surface area (TPSA) is 85.3 Å². The van der Waals surface area contributed by atoms with Crippen molar-refractivity contribution in [3.8, 4) is 11.8 Å². The summed E-state index contributed by atoms with van der Waals surface area (Å²) >= 11 is 0. The summed E-state index contributed by atoms with van der Waals surface area (Å²) < 4.78 is 24.3. The van der Waals surface area contributed by atoms with Crippen molar-refractivity contribution < 1.29 is 18.7 Å². The highest BCUT2D eigenvalue weighted by molar-refractivity contribution is 5.99. The number of ketones is 1. The zero-order valence-electron chi connectivity index (χ0n) is 15.7. The van der Waals surface area contributed by atoms with E-state index in [0.29, 0.717) is 36.5 Å². The number of hydrogen-bond donors (Lipinski definition) is 1. The minimum Gasteiger partial charge on any atom is -0.489 e. The van der Waals surface area contributed by atoms with Crippen LogP contribution < -0.4 is 10.5 Å². The van der Waals surface area contributed by atoms with Gasteiger partial charge in [0.1, 0.15) is 35.6 Å². The summed E-state index contributed by atoms with van der Waals surface area (Å²) in [5, 5.41) is 9.60. The summed E-state index contributed by atoms with van der Waals surface area (Å²) in [4.78, 5) is 12.6. The molecule has 1 aliphatic heterocycles. The van der Waals surface area contributed by atoms with Crippen LogP contribution in [0.25, 0.3) is 0 Å². The first-order valence-electron chi connectivity index (χ1n) is 9.38. The Morgan fingerprint density at radius 1 is 1.14 bits per heavy atom. The summed E-state index contributed by atoms with van der Waals surface area (Å²) in [5.41, 5.74) is 8.37. The third-order valence-corrected chi connectivity index (χ3v) is 5.14. The molecule has 0 bridgehead atoms. The number of hydrogen-bond acceptors (Lipinski definition) is 5. The first-order chi connectivity index (χ1) is 14.1. The molecule has 146 valence electrons. The Morgan fingerprint density at radius 3 is 2.55 bits per heavy atom. The molecule has 0 saturated carbocycles. The maximum Gasteiger partial charge on any atom is 0.205 e. The van der Waals surface area contributed by atoms with E-state index in [-0.39, 0.29) is 23.1 Å². The predicted molar refractivity (Wildman–Crippen MR) is 104 cm³/mol. The number of Topliss-reactive ketones (excluding diaryl/α,β-unsaturated/α-hetero) is 1. The van der Waals surface area contributed by atoms with Gasteiger partial charge in [-0.2, -0.15) is 5.26 Å². The molecule has 1 heterocycles. The standard InChI is InChI=1S/C23H19FN2O3/c24-16-8-4-14(5-9-16)13-28-17-10-6-15(7-11-17)21-18(12-25)23(26)29-20-3-1-2-19(27)22(20)21/h4-11,21H,1-3,13,26H2/t21-/m1/s1. The Morgan fingerprint density at radius 2 is 1.86 bits per heavy atom. The van der Waals surface area contributed by atoms with Gasteiger partial charge in [-0.05, 0) is 41.8 Å². The molecule has 4 rings (SSSR count). The van der Waals surface area contributed by atoms with Crippen LogP contribution in [0.5, 0.6) is 5.75 Å². The molecule has 1 atom stereocenters. The number of nitrogens with two attached hydrogens (primary N) is 1. The molecule has 2 aromatic carbocycles. The van der Waals surface area contributed by atoms with E-state index in [1.165, 1.54) is 12.1 Å². The lowest BCUT2D eigenvalue weighted by atomic mass is 9.77. The van der Waals surface area contributed by atoms with Crippen LogP contribution in [0.2, 0.25) is 0 Å². The smallest absolute Gasteiger partial charge is 0.205 e. The van der Waals surface area contributed by atoms with Crippen molar-refractivity contribution in [3.05, 3.63) is 88.3 Å². The van der Waals surface area contributed by atoms with Gasteiger partial charge < -0.3 is 15.2 Å². The molecule has 2 aliphatic rings. The molecule has 6 heteroatoms. The van der Waals surface area contributed by atoms with Gasteiger partial charge in [-0.15, -0.1) is 0 Å². The van der Waals surface area contributed by atoms with Gasteiger partial charge in [0.05, 0.1) is 5.92 Å². The fourth-order valence-corrected chi connectivity index (χ4v) is 3.69. The second-order valence-electron chi connectivity index (χ2n) is 7.02. The van der Waals surface area contributed by atoms with Crippen LogP contribution in [0, 0.1) is 17.1 Å². The predicted octanol–water partition coefficient (Wildman–Crippen LogP) is 4.22. The van der Waals surface area contributed by atoms with E-state index in [1.54, 1.807) is 24.3 Å². The second kappa shape index (κ2) is 7.80. The third-order valence-electron chi connectivity index (χ3n) is 5.14. The van der Waals surface area contributed by atoms with E-state index >= 15 is 0 Å². The number of carbonyl (C=O) groups excluding carboxylic acids is 1. The molecule has 0 saturated heterocycles. The number of allylic oxidation sites excluding steroid dienone is 3. The fraction of sp³-hybridized carbons (Fsp3) is 0.217.